The molecule has 8 heteroatoms. The number of hydrogen-bond donors (Lipinski definition) is 2. The topological polar surface area (TPSA) is 72.5 Å². The van der Waals surface area contributed by atoms with Crippen molar-refractivity contribution < 1.29 is 14.3 Å². The smallest absolute Gasteiger partial charge is 0.407 e. The third kappa shape index (κ3) is 6.20. The molecule has 0 radical (unpaired) electrons. The van der Waals surface area contributed by atoms with Gasteiger partial charge >= 0.3 is 6.09 Å². The van der Waals surface area contributed by atoms with E-state index in [0.717, 1.165) is 21.1 Å². The molecule has 0 saturated heterocycles. The summed E-state index contributed by atoms with van der Waals surface area (Å²) < 4.78 is 12.9. The van der Waals surface area contributed by atoms with Crippen LogP contribution in [0.5, 0.6) is 0 Å². The van der Waals surface area contributed by atoms with E-state index in [1.165, 1.54) is 0 Å². The predicted octanol–water partition coefficient (Wildman–Crippen LogP) is 3.77. The summed E-state index contributed by atoms with van der Waals surface area (Å²) in [5.74, 6) is 0. The quantitative estimate of drug-likeness (QED) is 0.651. The maximum Gasteiger partial charge on any atom is 0.407 e. The van der Waals surface area contributed by atoms with Crippen LogP contribution >= 0.6 is 31.9 Å². The van der Waals surface area contributed by atoms with Crippen molar-refractivity contribution in [1.82, 2.24) is 15.6 Å². The summed E-state index contributed by atoms with van der Waals surface area (Å²) >= 11 is 6.92. The average Bonchev–Trinajstić information content (AvgIpc) is 2.46. The highest BCUT2D eigenvalue weighted by Crippen LogP contribution is 2.26. The summed E-state index contributed by atoms with van der Waals surface area (Å²) in [6.45, 7) is 8.74. The van der Waals surface area contributed by atoms with Crippen LogP contribution in [0.4, 0.5) is 4.79 Å². The summed E-state index contributed by atoms with van der Waals surface area (Å²) in [6.07, 6.45) is 2.19. The highest BCUT2D eigenvalue weighted by Gasteiger charge is 2.43. The number of amides is 1. The second-order valence-electron chi connectivity index (χ2n) is 6.97. The first-order chi connectivity index (χ1) is 11.7. The van der Waals surface area contributed by atoms with Crippen LogP contribution in [0.3, 0.4) is 0 Å². The van der Waals surface area contributed by atoms with Gasteiger partial charge in [-0.2, -0.15) is 0 Å². The molecule has 3 unspecified atom stereocenters. The number of alkyl carbamates (subject to hydrolysis) is 1. The van der Waals surface area contributed by atoms with Gasteiger partial charge < -0.3 is 20.1 Å². The van der Waals surface area contributed by atoms with Crippen molar-refractivity contribution in [2.24, 2.45) is 0 Å². The molecule has 2 rings (SSSR count). The van der Waals surface area contributed by atoms with Crippen LogP contribution in [0.1, 0.15) is 39.8 Å². The van der Waals surface area contributed by atoms with Gasteiger partial charge in [0.05, 0.1) is 23.9 Å². The van der Waals surface area contributed by atoms with E-state index in [1.807, 2.05) is 33.8 Å². The summed E-state index contributed by atoms with van der Waals surface area (Å²) in [5.41, 5.74) is 0.392. The Balaban J connectivity index is 1.94. The van der Waals surface area contributed by atoms with E-state index < -0.39 is 11.7 Å². The van der Waals surface area contributed by atoms with Crippen molar-refractivity contribution in [2.45, 2.75) is 64.4 Å². The van der Waals surface area contributed by atoms with Crippen LogP contribution in [0, 0.1) is 0 Å². The summed E-state index contributed by atoms with van der Waals surface area (Å²) in [6, 6.07) is 1.95. The Kier molecular flexibility index (Phi) is 7.25. The molecule has 1 aromatic rings. The standard InChI is InChI=1S/C17H25Br2N3O3/c1-5-24-14-7-12(22-16(23)25-17(2,3)4)15(14)21-9-13-11(19)6-10(18)8-20-13/h6,8,12,14-15,21H,5,7,9H2,1-4H3,(H,22,23). The van der Waals surface area contributed by atoms with Crippen LogP contribution in [0.25, 0.3) is 0 Å². The Bertz CT molecular complexity index is 607. The van der Waals surface area contributed by atoms with E-state index in [-0.39, 0.29) is 18.2 Å². The molecule has 1 aliphatic carbocycles. The van der Waals surface area contributed by atoms with Gasteiger partial charge in [0.25, 0.3) is 0 Å². The zero-order valence-corrected chi connectivity index (χ0v) is 18.1. The van der Waals surface area contributed by atoms with Crippen LogP contribution in [0.2, 0.25) is 0 Å². The third-order valence-electron chi connectivity index (χ3n) is 3.79. The SMILES string of the molecule is CCOC1CC(NC(=O)OC(C)(C)C)C1NCc1ncc(Br)cc1Br. The minimum Gasteiger partial charge on any atom is -0.444 e. The van der Waals surface area contributed by atoms with Gasteiger partial charge in [-0.25, -0.2) is 4.79 Å². The summed E-state index contributed by atoms with van der Waals surface area (Å²) in [7, 11) is 0. The van der Waals surface area contributed by atoms with Crippen LogP contribution in [-0.2, 0) is 16.0 Å². The zero-order valence-electron chi connectivity index (χ0n) is 14.9. The van der Waals surface area contributed by atoms with Gasteiger partial charge in [-0.1, -0.05) is 0 Å². The number of carbonyl (C=O) groups excluding carboxylic acids is 1. The first-order valence-corrected chi connectivity index (χ1v) is 9.92. The van der Waals surface area contributed by atoms with Crippen LogP contribution < -0.4 is 10.6 Å². The monoisotopic (exact) mass is 477 g/mol. The maximum atomic E-state index is 12.0. The molecule has 25 heavy (non-hydrogen) atoms. The van der Waals surface area contributed by atoms with Crippen molar-refractivity contribution in [3.63, 3.8) is 0 Å². The molecule has 6 nitrogen and oxygen atoms in total. The molecule has 0 bridgehead atoms. The maximum absolute atomic E-state index is 12.0. The van der Waals surface area contributed by atoms with E-state index >= 15 is 0 Å². The molecule has 1 aromatic heterocycles. The number of aromatic nitrogens is 1. The van der Waals surface area contributed by atoms with Gasteiger partial charge in [0, 0.05) is 28.3 Å². The molecule has 1 heterocycles. The number of ether oxygens (including phenoxy) is 2. The van der Waals surface area contributed by atoms with Crippen LogP contribution in [-0.4, -0.2) is 41.5 Å². The van der Waals surface area contributed by atoms with E-state index in [9.17, 15) is 4.79 Å². The van der Waals surface area contributed by atoms with Crippen molar-refractivity contribution in [2.75, 3.05) is 6.61 Å². The Hall–Kier alpha value is -0.700. The fraction of sp³-hybridized carbons (Fsp3) is 0.647. The lowest BCUT2D eigenvalue weighted by Crippen LogP contribution is -2.66. The predicted molar refractivity (Wildman–Crippen MR) is 103 cm³/mol. The first-order valence-electron chi connectivity index (χ1n) is 8.34. The summed E-state index contributed by atoms with van der Waals surface area (Å²) in [4.78, 5) is 16.4. The Morgan fingerprint density at radius 1 is 1.40 bits per heavy atom. The number of rotatable bonds is 6. The van der Waals surface area contributed by atoms with Crippen molar-refractivity contribution in [3.8, 4) is 0 Å². The van der Waals surface area contributed by atoms with Gasteiger partial charge in [-0.05, 0) is 72.0 Å². The second-order valence-corrected chi connectivity index (χ2v) is 8.74. The van der Waals surface area contributed by atoms with Crippen LogP contribution in [0.15, 0.2) is 21.2 Å². The minimum atomic E-state index is -0.512. The molecule has 1 fully saturated rings. The number of hydrogen-bond acceptors (Lipinski definition) is 5. The normalized spacial score (nSPS) is 23.0. The molecule has 0 spiro atoms. The molecule has 1 aliphatic rings. The second kappa shape index (κ2) is 8.79. The number of nitrogens with one attached hydrogen (secondary N) is 2. The molecule has 0 aromatic carbocycles. The molecule has 3 atom stereocenters. The highest BCUT2D eigenvalue weighted by molar-refractivity contribution is 9.11. The Morgan fingerprint density at radius 2 is 2.12 bits per heavy atom. The van der Waals surface area contributed by atoms with Gasteiger partial charge in [0.15, 0.2) is 0 Å². The molecule has 1 saturated carbocycles. The number of nitrogens with zero attached hydrogens (tertiary/aromatic N) is 1. The van der Waals surface area contributed by atoms with Gasteiger partial charge in [-0.15, -0.1) is 0 Å². The van der Waals surface area contributed by atoms with E-state index in [0.29, 0.717) is 13.2 Å². The van der Waals surface area contributed by atoms with Gasteiger partial charge in [0.2, 0.25) is 0 Å². The number of pyridine rings is 1. The van der Waals surface area contributed by atoms with E-state index in [1.54, 1.807) is 6.20 Å². The molecule has 140 valence electrons. The fourth-order valence-electron chi connectivity index (χ4n) is 2.66. The average molecular weight is 479 g/mol. The highest BCUT2D eigenvalue weighted by atomic mass is 79.9. The lowest BCUT2D eigenvalue weighted by Gasteiger charge is -2.45. The number of carbonyl (C=O) groups is 1. The van der Waals surface area contributed by atoms with E-state index in [4.69, 9.17) is 9.47 Å². The zero-order chi connectivity index (χ0) is 18.6. The lowest BCUT2D eigenvalue weighted by molar-refractivity contribution is -0.0439. The molecular formula is C17H25Br2N3O3. The first kappa shape index (κ1) is 20.6. The third-order valence-corrected chi connectivity index (χ3v) is 4.91. The molecule has 1 amide bonds. The molecule has 2 N–H and O–H groups in total. The Labute approximate surface area is 165 Å². The minimum absolute atomic E-state index is 0.0183. The number of halogens is 2. The lowest BCUT2D eigenvalue weighted by atomic mass is 9.82. The fourth-order valence-corrected chi connectivity index (χ4v) is 3.79. The van der Waals surface area contributed by atoms with Crippen molar-refractivity contribution in [3.05, 3.63) is 26.9 Å². The molecule has 0 aliphatic heterocycles. The van der Waals surface area contributed by atoms with E-state index in [2.05, 4.69) is 47.5 Å². The summed E-state index contributed by atoms with van der Waals surface area (Å²) in [5, 5.41) is 6.37. The largest absolute Gasteiger partial charge is 0.444 e. The van der Waals surface area contributed by atoms with Crippen molar-refractivity contribution in [1.29, 1.82) is 0 Å². The van der Waals surface area contributed by atoms with Crippen molar-refractivity contribution >= 4 is 38.0 Å². The van der Waals surface area contributed by atoms with Gasteiger partial charge in [0.1, 0.15) is 5.60 Å². The molecular weight excluding hydrogens is 454 g/mol. The Morgan fingerprint density at radius 3 is 2.72 bits per heavy atom. The van der Waals surface area contributed by atoms with Gasteiger partial charge in [-0.3, -0.25) is 4.98 Å².